The lowest BCUT2D eigenvalue weighted by atomic mass is 9.92. The molecule has 0 saturated carbocycles. The summed E-state index contributed by atoms with van der Waals surface area (Å²) in [5.74, 6) is -0.0140. The van der Waals surface area contributed by atoms with Gasteiger partial charge in [-0.05, 0) is 60.4 Å². The van der Waals surface area contributed by atoms with Crippen LogP contribution in [0.4, 0.5) is 11.4 Å². The number of nitrogens with zero attached hydrogens (tertiary/aromatic N) is 1. The maximum atomic E-state index is 12.5. The molecule has 12 heteroatoms. The Morgan fingerprint density at radius 2 is 1.54 bits per heavy atom. The number of hydrogen-bond acceptors (Lipinski definition) is 6. The number of nitrogens with one attached hydrogen (secondary N) is 1. The standard InChI is InChI=1S/C36H30N2O8S2/c1-22-8-4-5-9-25(22)18-24-12-15-28-33(19-24)46-34-20-26(13-16-29(34)36(28)30-10-6-7-11-35(30)48(43,44)45)38(3)32-21-27(47(40,41)42)14-17-31(32)37-23(2)39/h4-17,19-21H,18H2,1-3H3,(H2-,37,39,40,41,42,43,44,45)/p+1. The Balaban J connectivity index is 1.65. The fraction of sp³-hybridized carbons (Fsp3) is 0.111. The molecule has 3 N–H and O–H groups in total. The summed E-state index contributed by atoms with van der Waals surface area (Å²) in [6.07, 6.45) is 0.631. The van der Waals surface area contributed by atoms with E-state index in [1.165, 1.54) is 37.3 Å². The van der Waals surface area contributed by atoms with E-state index in [1.807, 2.05) is 43.3 Å². The van der Waals surface area contributed by atoms with Gasteiger partial charge in [-0.1, -0.05) is 54.6 Å². The van der Waals surface area contributed by atoms with Crippen molar-refractivity contribution in [3.8, 4) is 22.5 Å². The Hall–Kier alpha value is -5.14. The van der Waals surface area contributed by atoms with Crippen molar-refractivity contribution in [3.05, 3.63) is 125 Å². The predicted molar refractivity (Wildman–Crippen MR) is 183 cm³/mol. The van der Waals surface area contributed by atoms with Crippen molar-refractivity contribution in [2.45, 2.75) is 30.1 Å². The molecule has 0 bridgehead atoms. The molecular weight excluding hydrogens is 653 g/mol. The van der Waals surface area contributed by atoms with Crippen LogP contribution in [0.25, 0.3) is 33.4 Å². The van der Waals surface area contributed by atoms with Gasteiger partial charge >= 0.3 is 0 Å². The summed E-state index contributed by atoms with van der Waals surface area (Å²) in [5.41, 5.74) is 5.66. The van der Waals surface area contributed by atoms with Crippen molar-refractivity contribution in [3.63, 3.8) is 0 Å². The van der Waals surface area contributed by atoms with Crippen LogP contribution in [0.5, 0.6) is 0 Å². The van der Waals surface area contributed by atoms with Gasteiger partial charge < -0.3 is 9.73 Å². The van der Waals surface area contributed by atoms with Crippen LogP contribution in [0.1, 0.15) is 23.6 Å². The first-order chi connectivity index (χ1) is 22.7. The minimum atomic E-state index is -4.60. The van der Waals surface area contributed by atoms with E-state index in [2.05, 4.69) is 11.4 Å². The van der Waals surface area contributed by atoms with Gasteiger partial charge in [-0.3, -0.25) is 13.9 Å². The normalized spacial score (nSPS) is 12.7. The average molecular weight is 684 g/mol. The Labute approximate surface area is 277 Å². The summed E-state index contributed by atoms with van der Waals surface area (Å²) in [5, 5.41) is 3.83. The van der Waals surface area contributed by atoms with Crippen molar-refractivity contribution >= 4 is 48.5 Å². The summed E-state index contributed by atoms with van der Waals surface area (Å²) in [6, 6.07) is 29.0. The van der Waals surface area contributed by atoms with Gasteiger partial charge in [0.15, 0.2) is 0 Å². The number of benzene rings is 5. The quantitative estimate of drug-likeness (QED) is 0.101. The smallest absolute Gasteiger partial charge is 0.295 e. The Morgan fingerprint density at radius 1 is 0.812 bits per heavy atom. The lowest BCUT2D eigenvalue weighted by Gasteiger charge is -2.17. The van der Waals surface area contributed by atoms with Crippen LogP contribution in [0.15, 0.2) is 117 Å². The third-order valence-electron chi connectivity index (χ3n) is 8.19. The molecule has 10 nitrogen and oxygen atoms in total. The highest BCUT2D eigenvalue weighted by atomic mass is 32.2. The van der Waals surface area contributed by atoms with E-state index >= 15 is 0 Å². The number of fused-ring (bicyclic) bond motifs is 2. The van der Waals surface area contributed by atoms with Gasteiger partial charge in [-0.25, -0.2) is 0 Å². The monoisotopic (exact) mass is 683 g/mol. The van der Waals surface area contributed by atoms with Crippen LogP contribution in [0, 0.1) is 6.92 Å². The fourth-order valence-corrected chi connectivity index (χ4v) is 7.04. The van der Waals surface area contributed by atoms with Crippen molar-refractivity contribution in [2.24, 2.45) is 0 Å². The Kier molecular flexibility index (Phi) is 8.52. The second kappa shape index (κ2) is 12.5. The van der Waals surface area contributed by atoms with Crippen molar-refractivity contribution in [2.75, 3.05) is 12.4 Å². The van der Waals surface area contributed by atoms with Gasteiger partial charge in [-0.15, -0.1) is 0 Å². The number of hydrogen-bond donors (Lipinski definition) is 3. The third-order valence-corrected chi connectivity index (χ3v) is 9.95. The van der Waals surface area contributed by atoms with Crippen LogP contribution >= 0.6 is 0 Å². The molecule has 4 aromatic carbocycles. The van der Waals surface area contributed by atoms with Crippen molar-refractivity contribution in [1.82, 2.24) is 4.58 Å². The lowest BCUT2D eigenvalue weighted by Crippen LogP contribution is -2.23. The van der Waals surface area contributed by atoms with E-state index in [4.69, 9.17) is 4.42 Å². The van der Waals surface area contributed by atoms with Gasteiger partial charge in [-0.2, -0.15) is 21.4 Å². The highest BCUT2D eigenvalue weighted by Crippen LogP contribution is 2.42. The Bertz CT molecular complexity index is 2520. The minimum absolute atomic E-state index is 0.258. The number of carbonyl (C=O) groups excluding carboxylic acids is 1. The summed E-state index contributed by atoms with van der Waals surface area (Å²) >= 11 is 0. The zero-order valence-corrected chi connectivity index (χ0v) is 27.8. The van der Waals surface area contributed by atoms with E-state index in [0.29, 0.717) is 45.3 Å². The van der Waals surface area contributed by atoms with E-state index < -0.39 is 20.2 Å². The van der Waals surface area contributed by atoms with Crippen molar-refractivity contribution < 1.29 is 35.2 Å². The summed E-state index contributed by atoms with van der Waals surface area (Å²) in [4.78, 5) is 11.3. The van der Waals surface area contributed by atoms with Crippen LogP contribution in [-0.4, -0.2) is 38.9 Å². The van der Waals surface area contributed by atoms with Crippen LogP contribution in [0.3, 0.4) is 0 Å². The largest absolute Gasteiger partial charge is 0.456 e. The van der Waals surface area contributed by atoms with Gasteiger partial charge in [0.25, 0.3) is 20.2 Å². The zero-order valence-electron chi connectivity index (χ0n) is 26.1. The molecule has 48 heavy (non-hydrogen) atoms. The number of aryl methyl sites for hydroxylation is 1. The van der Waals surface area contributed by atoms with Crippen LogP contribution in [-0.2, 0) is 31.5 Å². The molecule has 6 rings (SSSR count). The van der Waals surface area contributed by atoms with E-state index in [0.717, 1.165) is 16.7 Å². The first kappa shape index (κ1) is 32.8. The van der Waals surface area contributed by atoms with Gasteiger partial charge in [0.1, 0.15) is 33.9 Å². The SMILES string of the molecule is CC(=O)Nc1ccc(S(=O)(=O)O)cc1[N+](C)=c1ccc2c(-c3ccccc3S(=O)(=O)O)c3ccc(Cc4ccccc4C)cc3oc-2c1. The highest BCUT2D eigenvalue weighted by molar-refractivity contribution is 7.86. The summed E-state index contributed by atoms with van der Waals surface area (Å²) in [7, 11) is -7.50. The first-order valence-electron chi connectivity index (χ1n) is 14.8. The number of rotatable bonds is 7. The third kappa shape index (κ3) is 6.51. The van der Waals surface area contributed by atoms with E-state index in [9.17, 15) is 30.7 Å². The molecule has 0 saturated heterocycles. The first-order valence-corrected chi connectivity index (χ1v) is 17.7. The van der Waals surface area contributed by atoms with Crippen molar-refractivity contribution in [1.29, 1.82) is 0 Å². The summed E-state index contributed by atoms with van der Waals surface area (Å²) < 4.78 is 77.0. The second-order valence-corrected chi connectivity index (χ2v) is 14.3. The molecule has 1 amide bonds. The molecule has 1 aliphatic heterocycles. The molecule has 1 aliphatic carbocycles. The molecule has 0 atom stereocenters. The number of anilines is 1. The maximum Gasteiger partial charge on any atom is 0.295 e. The molecule has 4 aromatic rings. The van der Waals surface area contributed by atoms with Gasteiger partial charge in [0.2, 0.25) is 17.0 Å². The Morgan fingerprint density at radius 3 is 2.25 bits per heavy atom. The summed E-state index contributed by atoms with van der Waals surface area (Å²) in [6.45, 7) is 3.36. The van der Waals surface area contributed by atoms with E-state index in [1.54, 1.807) is 42.0 Å². The molecule has 244 valence electrons. The zero-order chi connectivity index (χ0) is 34.4. The van der Waals surface area contributed by atoms with Gasteiger partial charge in [0.05, 0.1) is 6.07 Å². The topological polar surface area (TPSA) is 154 Å². The molecule has 0 spiro atoms. The molecule has 0 fully saturated rings. The molecular formula is C36H31N2O8S2+. The predicted octanol–water partition coefficient (Wildman–Crippen LogP) is 6.29. The molecule has 0 aromatic heterocycles. The fourth-order valence-electron chi connectivity index (χ4n) is 5.84. The van der Waals surface area contributed by atoms with Crippen LogP contribution < -0.4 is 15.2 Å². The highest BCUT2D eigenvalue weighted by Gasteiger charge is 2.25. The molecule has 0 unspecified atom stereocenters. The van der Waals surface area contributed by atoms with E-state index in [-0.39, 0.29) is 26.9 Å². The molecule has 2 aliphatic rings. The lowest BCUT2D eigenvalue weighted by molar-refractivity contribution is -0.114. The minimum Gasteiger partial charge on any atom is -0.456 e. The average Bonchev–Trinajstić information content (AvgIpc) is 3.03. The van der Waals surface area contributed by atoms with Crippen LogP contribution in [0.2, 0.25) is 0 Å². The molecule has 0 radical (unpaired) electrons. The maximum absolute atomic E-state index is 12.5. The molecule has 1 heterocycles. The second-order valence-electron chi connectivity index (χ2n) is 11.5. The number of amides is 1. The van der Waals surface area contributed by atoms with Gasteiger partial charge in [0, 0.05) is 41.1 Å². The number of carbonyl (C=O) groups is 1.